The van der Waals surface area contributed by atoms with Gasteiger partial charge in [0.1, 0.15) is 11.6 Å². The molecule has 1 amide bonds. The first kappa shape index (κ1) is 19.2. The zero-order valence-corrected chi connectivity index (χ0v) is 17.0. The van der Waals surface area contributed by atoms with Gasteiger partial charge >= 0.3 is 0 Å². The molecule has 1 saturated heterocycles. The second kappa shape index (κ2) is 8.52. The highest BCUT2D eigenvalue weighted by molar-refractivity contribution is 5.88. The number of nitrogens with zero attached hydrogens (tertiary/aromatic N) is 2. The van der Waals surface area contributed by atoms with Gasteiger partial charge in [-0.15, -0.1) is 0 Å². The first-order valence-corrected chi connectivity index (χ1v) is 10.2. The van der Waals surface area contributed by atoms with Crippen molar-refractivity contribution in [3.63, 3.8) is 0 Å². The maximum Gasteiger partial charge on any atom is 0.227 e. The number of ether oxygens (including phenoxy) is 1. The SMILES string of the molecule is COc1ccc2cc([C@H](C)C(=O)NCc3ccnc(N4CCCC4)c3)ccc2c1. The molecule has 0 saturated carbocycles. The van der Waals surface area contributed by atoms with Crippen molar-refractivity contribution >= 4 is 22.5 Å². The van der Waals surface area contributed by atoms with Crippen molar-refractivity contribution in [1.82, 2.24) is 10.3 Å². The summed E-state index contributed by atoms with van der Waals surface area (Å²) in [6, 6.07) is 16.2. The summed E-state index contributed by atoms with van der Waals surface area (Å²) in [5, 5.41) is 5.28. The van der Waals surface area contributed by atoms with Crippen LogP contribution >= 0.6 is 0 Å². The molecule has 1 fully saturated rings. The van der Waals surface area contributed by atoms with E-state index in [9.17, 15) is 4.79 Å². The normalized spacial score (nSPS) is 14.8. The smallest absolute Gasteiger partial charge is 0.227 e. The largest absolute Gasteiger partial charge is 0.497 e. The van der Waals surface area contributed by atoms with Gasteiger partial charge in [0.25, 0.3) is 0 Å². The summed E-state index contributed by atoms with van der Waals surface area (Å²) >= 11 is 0. The molecule has 5 heteroatoms. The third-order valence-electron chi connectivity index (χ3n) is 5.67. The van der Waals surface area contributed by atoms with Crippen LogP contribution in [0.15, 0.2) is 54.7 Å². The number of carbonyl (C=O) groups excluding carboxylic acids is 1. The summed E-state index contributed by atoms with van der Waals surface area (Å²) in [6.45, 7) is 4.58. The lowest BCUT2D eigenvalue weighted by molar-refractivity contribution is -0.122. The molecule has 3 aromatic rings. The van der Waals surface area contributed by atoms with Gasteiger partial charge in [0, 0.05) is 25.8 Å². The van der Waals surface area contributed by atoms with Crippen molar-refractivity contribution in [1.29, 1.82) is 0 Å². The van der Waals surface area contributed by atoms with Gasteiger partial charge in [-0.2, -0.15) is 0 Å². The molecular formula is C24H27N3O2. The summed E-state index contributed by atoms with van der Waals surface area (Å²) in [6.07, 6.45) is 4.27. The fraction of sp³-hybridized carbons (Fsp3) is 0.333. The first-order valence-electron chi connectivity index (χ1n) is 10.2. The number of aromatic nitrogens is 1. The summed E-state index contributed by atoms with van der Waals surface area (Å²) in [5.41, 5.74) is 2.08. The van der Waals surface area contributed by atoms with Crippen LogP contribution in [-0.4, -0.2) is 31.1 Å². The summed E-state index contributed by atoms with van der Waals surface area (Å²) in [7, 11) is 1.67. The predicted octanol–water partition coefficient (Wildman–Crippen LogP) is 4.26. The molecule has 4 rings (SSSR count). The number of nitrogens with one attached hydrogen (secondary N) is 1. The van der Waals surface area contributed by atoms with Crippen molar-refractivity contribution < 1.29 is 9.53 Å². The Bertz CT molecular complexity index is 1010. The molecular weight excluding hydrogens is 362 g/mol. The van der Waals surface area contributed by atoms with E-state index in [0.717, 1.165) is 46.6 Å². The summed E-state index contributed by atoms with van der Waals surface area (Å²) in [5.74, 6) is 1.65. The van der Waals surface area contributed by atoms with Crippen LogP contribution in [0.4, 0.5) is 5.82 Å². The number of anilines is 1. The van der Waals surface area contributed by atoms with Gasteiger partial charge in [0.15, 0.2) is 0 Å². The first-order chi connectivity index (χ1) is 14.1. The van der Waals surface area contributed by atoms with Crippen LogP contribution in [0.1, 0.15) is 36.8 Å². The van der Waals surface area contributed by atoms with Crippen LogP contribution in [0, 0.1) is 0 Å². The molecule has 1 N–H and O–H groups in total. The Morgan fingerprint density at radius 1 is 1.10 bits per heavy atom. The molecule has 29 heavy (non-hydrogen) atoms. The third-order valence-corrected chi connectivity index (χ3v) is 5.67. The lowest BCUT2D eigenvalue weighted by atomic mass is 9.97. The van der Waals surface area contributed by atoms with Gasteiger partial charge < -0.3 is 15.0 Å². The standard InChI is InChI=1S/C24H27N3O2/c1-17(19-5-6-21-15-22(29-2)8-7-20(21)14-19)24(28)26-16-18-9-10-25-23(13-18)27-11-3-4-12-27/h5-10,13-15,17H,3-4,11-12,16H2,1-2H3,(H,26,28)/t17-/m0/s1. The molecule has 1 aliphatic heterocycles. The number of methoxy groups -OCH3 is 1. The number of fused-ring (bicyclic) bond motifs is 1. The Morgan fingerprint density at radius 3 is 2.66 bits per heavy atom. The zero-order valence-electron chi connectivity index (χ0n) is 17.0. The third kappa shape index (κ3) is 4.34. The van der Waals surface area contributed by atoms with Crippen LogP contribution in [-0.2, 0) is 11.3 Å². The van der Waals surface area contributed by atoms with E-state index in [4.69, 9.17) is 4.74 Å². The van der Waals surface area contributed by atoms with Crippen molar-refractivity contribution in [2.75, 3.05) is 25.1 Å². The maximum absolute atomic E-state index is 12.7. The van der Waals surface area contributed by atoms with Gasteiger partial charge in [-0.3, -0.25) is 4.79 Å². The number of carbonyl (C=O) groups is 1. The molecule has 1 atom stereocenters. The number of pyridine rings is 1. The van der Waals surface area contributed by atoms with E-state index in [1.165, 1.54) is 12.8 Å². The van der Waals surface area contributed by atoms with Gasteiger partial charge in [-0.05, 0) is 65.9 Å². The molecule has 150 valence electrons. The molecule has 2 aromatic carbocycles. The zero-order chi connectivity index (χ0) is 20.2. The van der Waals surface area contributed by atoms with E-state index in [1.807, 2.05) is 49.5 Å². The van der Waals surface area contributed by atoms with E-state index in [0.29, 0.717) is 6.54 Å². The van der Waals surface area contributed by atoms with Crippen LogP contribution < -0.4 is 15.0 Å². The van der Waals surface area contributed by atoms with Crippen LogP contribution in [0.5, 0.6) is 5.75 Å². The van der Waals surface area contributed by atoms with Crippen molar-refractivity contribution in [3.05, 3.63) is 65.9 Å². The highest BCUT2D eigenvalue weighted by Crippen LogP contribution is 2.25. The van der Waals surface area contributed by atoms with Crippen LogP contribution in [0.2, 0.25) is 0 Å². The lowest BCUT2D eigenvalue weighted by Gasteiger charge is -2.17. The highest BCUT2D eigenvalue weighted by atomic mass is 16.5. The van der Waals surface area contributed by atoms with Gasteiger partial charge in [-0.1, -0.05) is 24.3 Å². The summed E-state index contributed by atoms with van der Waals surface area (Å²) in [4.78, 5) is 19.5. The van der Waals surface area contributed by atoms with Crippen LogP contribution in [0.3, 0.4) is 0 Å². The number of rotatable bonds is 6. The average Bonchev–Trinajstić information content (AvgIpc) is 3.31. The Hall–Kier alpha value is -3.08. The quantitative estimate of drug-likeness (QED) is 0.684. The van der Waals surface area contributed by atoms with E-state index < -0.39 is 0 Å². The molecule has 0 spiro atoms. The minimum Gasteiger partial charge on any atom is -0.497 e. The Labute approximate surface area is 171 Å². The molecule has 0 aliphatic carbocycles. The fourth-order valence-electron chi connectivity index (χ4n) is 3.82. The van der Waals surface area contributed by atoms with Crippen molar-refractivity contribution in [2.24, 2.45) is 0 Å². The van der Waals surface area contributed by atoms with E-state index in [-0.39, 0.29) is 11.8 Å². The van der Waals surface area contributed by atoms with Gasteiger partial charge in [0.2, 0.25) is 5.91 Å². The number of hydrogen-bond acceptors (Lipinski definition) is 4. The second-order valence-corrected chi connectivity index (χ2v) is 7.63. The molecule has 0 unspecified atom stereocenters. The topological polar surface area (TPSA) is 54.5 Å². The minimum atomic E-state index is -0.221. The van der Waals surface area contributed by atoms with Gasteiger partial charge in [0.05, 0.1) is 13.0 Å². The van der Waals surface area contributed by atoms with E-state index >= 15 is 0 Å². The molecule has 0 bridgehead atoms. The van der Waals surface area contributed by atoms with E-state index in [2.05, 4.69) is 27.3 Å². The van der Waals surface area contributed by atoms with Crippen LogP contribution in [0.25, 0.3) is 10.8 Å². The molecule has 1 aromatic heterocycles. The maximum atomic E-state index is 12.7. The Morgan fingerprint density at radius 2 is 1.86 bits per heavy atom. The Kier molecular flexibility index (Phi) is 5.65. The minimum absolute atomic E-state index is 0.0254. The number of amides is 1. The summed E-state index contributed by atoms with van der Waals surface area (Å²) < 4.78 is 5.28. The lowest BCUT2D eigenvalue weighted by Crippen LogP contribution is -2.27. The predicted molar refractivity (Wildman–Crippen MR) is 116 cm³/mol. The highest BCUT2D eigenvalue weighted by Gasteiger charge is 2.17. The molecule has 1 aliphatic rings. The monoisotopic (exact) mass is 389 g/mol. The van der Waals surface area contributed by atoms with Gasteiger partial charge in [-0.25, -0.2) is 4.98 Å². The molecule has 2 heterocycles. The number of hydrogen-bond donors (Lipinski definition) is 1. The van der Waals surface area contributed by atoms with E-state index in [1.54, 1.807) is 7.11 Å². The average molecular weight is 389 g/mol. The Balaban J connectivity index is 1.42. The van der Waals surface area contributed by atoms with Crippen molar-refractivity contribution in [3.8, 4) is 5.75 Å². The fourth-order valence-corrected chi connectivity index (χ4v) is 3.82. The second-order valence-electron chi connectivity index (χ2n) is 7.63. The molecule has 5 nitrogen and oxygen atoms in total. The number of benzene rings is 2. The van der Waals surface area contributed by atoms with Crippen molar-refractivity contribution in [2.45, 2.75) is 32.2 Å². The molecule has 0 radical (unpaired) electrons.